The molecular weight excluding hydrogens is 570 g/mol. The van der Waals surface area contributed by atoms with Crippen molar-refractivity contribution in [2.24, 2.45) is 0 Å². The van der Waals surface area contributed by atoms with Gasteiger partial charge < -0.3 is 19.7 Å². The second-order valence-electron chi connectivity index (χ2n) is 11.5. The number of para-hydroxylation sites is 1. The van der Waals surface area contributed by atoms with E-state index >= 15 is 0 Å². The molecule has 9 heteroatoms. The average molecular weight is 604 g/mol. The summed E-state index contributed by atoms with van der Waals surface area (Å²) in [5.74, 6) is -1.02. The van der Waals surface area contributed by atoms with Crippen molar-refractivity contribution in [1.82, 2.24) is 4.90 Å². The molecule has 4 aromatic carbocycles. The van der Waals surface area contributed by atoms with Crippen LogP contribution in [0, 0.1) is 6.92 Å². The van der Waals surface area contributed by atoms with Crippen LogP contribution in [-0.4, -0.2) is 41.7 Å². The van der Waals surface area contributed by atoms with Crippen LogP contribution in [0.2, 0.25) is 0 Å². The highest BCUT2D eigenvalue weighted by Crippen LogP contribution is 2.36. The van der Waals surface area contributed by atoms with Gasteiger partial charge in [-0.25, -0.2) is 0 Å². The van der Waals surface area contributed by atoms with Crippen molar-refractivity contribution in [3.05, 3.63) is 119 Å². The smallest absolute Gasteiger partial charge is 0.299 e. The first-order valence-electron chi connectivity index (χ1n) is 14.8. The number of carbonyl (C=O) groups excluding carboxylic acids is 4. The zero-order valence-electron chi connectivity index (χ0n) is 25.3. The minimum absolute atomic E-state index is 0.0916. The van der Waals surface area contributed by atoms with Crippen molar-refractivity contribution in [2.75, 3.05) is 23.6 Å². The van der Waals surface area contributed by atoms with E-state index in [9.17, 15) is 19.2 Å². The number of nitrogens with zero attached hydrogens (tertiary/aromatic N) is 2. The van der Waals surface area contributed by atoms with E-state index in [1.54, 1.807) is 42.5 Å². The lowest BCUT2D eigenvalue weighted by molar-refractivity contribution is -0.139. The van der Waals surface area contributed by atoms with Crippen LogP contribution < -0.4 is 19.7 Å². The summed E-state index contributed by atoms with van der Waals surface area (Å²) < 4.78 is 10.9. The Labute approximate surface area is 261 Å². The van der Waals surface area contributed by atoms with Gasteiger partial charge >= 0.3 is 0 Å². The molecule has 0 spiro atoms. The van der Waals surface area contributed by atoms with Gasteiger partial charge in [-0.1, -0.05) is 74.5 Å². The second-order valence-corrected chi connectivity index (χ2v) is 11.5. The zero-order chi connectivity index (χ0) is 31.7. The van der Waals surface area contributed by atoms with Crippen LogP contribution in [0.3, 0.4) is 0 Å². The molecule has 0 aromatic heterocycles. The number of benzene rings is 4. The number of Topliss-reactive ketones (excluding diaryl/α,β-unsaturated/α-hetero) is 1. The van der Waals surface area contributed by atoms with Crippen LogP contribution in [0.25, 0.3) is 0 Å². The Kier molecular flexibility index (Phi) is 8.08. The van der Waals surface area contributed by atoms with E-state index in [1.807, 2.05) is 55.5 Å². The van der Waals surface area contributed by atoms with Crippen LogP contribution in [0.4, 0.5) is 11.4 Å². The number of hydrogen-bond acceptors (Lipinski definition) is 6. The molecular formula is C36H33N3O6. The zero-order valence-corrected chi connectivity index (χ0v) is 25.3. The number of rotatable bonds is 9. The normalized spacial score (nSPS) is 14.0. The van der Waals surface area contributed by atoms with Crippen molar-refractivity contribution in [1.29, 1.82) is 0 Å². The number of nitrogens with one attached hydrogen (secondary N) is 1. The molecule has 3 amide bonds. The Bertz CT molecular complexity index is 1800. The first-order valence-corrected chi connectivity index (χ1v) is 14.8. The van der Waals surface area contributed by atoms with E-state index in [-0.39, 0.29) is 24.8 Å². The van der Waals surface area contributed by atoms with E-state index in [0.29, 0.717) is 28.4 Å². The fourth-order valence-electron chi connectivity index (χ4n) is 5.65. The van der Waals surface area contributed by atoms with E-state index < -0.39 is 36.1 Å². The molecule has 1 N–H and O–H groups in total. The van der Waals surface area contributed by atoms with E-state index in [4.69, 9.17) is 9.47 Å². The van der Waals surface area contributed by atoms with Gasteiger partial charge in [0.1, 0.15) is 12.6 Å². The molecule has 0 radical (unpaired) electrons. The first-order chi connectivity index (χ1) is 21.7. The third-order valence-electron chi connectivity index (χ3n) is 8.21. The Morgan fingerprint density at radius 2 is 1.56 bits per heavy atom. The molecule has 9 nitrogen and oxygen atoms in total. The number of ketones is 1. The lowest BCUT2D eigenvalue weighted by Crippen LogP contribution is -2.46. The van der Waals surface area contributed by atoms with Gasteiger partial charge in [-0.05, 0) is 59.4 Å². The van der Waals surface area contributed by atoms with Gasteiger partial charge in [-0.2, -0.15) is 0 Å². The standard InChI is InChI=1S/C36H33N3O6/c1-22(2)24-12-14-25(15-13-24)33(35(42)37-27-16-17-30-31(18-27)45-21-44-30)39(19-26-9-5-4-8-23(26)3)32(40)20-38-29-11-7-6-10-28(29)34(41)36(38)43/h4-18,22,33H,19-21H2,1-3H3,(H,37,42). The van der Waals surface area contributed by atoms with Gasteiger partial charge in [0.25, 0.3) is 17.6 Å². The Balaban J connectivity index is 1.40. The van der Waals surface area contributed by atoms with Gasteiger partial charge in [-0.15, -0.1) is 0 Å². The molecule has 4 aromatic rings. The van der Waals surface area contributed by atoms with Gasteiger partial charge in [0, 0.05) is 18.3 Å². The van der Waals surface area contributed by atoms with Gasteiger partial charge in [0.15, 0.2) is 11.5 Å². The molecule has 0 aliphatic carbocycles. The molecule has 0 saturated carbocycles. The molecule has 45 heavy (non-hydrogen) atoms. The van der Waals surface area contributed by atoms with Gasteiger partial charge in [0.2, 0.25) is 12.7 Å². The van der Waals surface area contributed by atoms with Crippen molar-refractivity contribution in [2.45, 2.75) is 39.3 Å². The maximum atomic E-state index is 14.4. The lowest BCUT2D eigenvalue weighted by atomic mass is 9.97. The predicted molar refractivity (Wildman–Crippen MR) is 169 cm³/mol. The molecule has 228 valence electrons. The molecule has 2 heterocycles. The van der Waals surface area contributed by atoms with E-state index in [2.05, 4.69) is 19.2 Å². The number of aryl methyl sites for hydroxylation is 1. The summed E-state index contributed by atoms with van der Waals surface area (Å²) in [6.07, 6.45) is 0. The maximum absolute atomic E-state index is 14.4. The fraction of sp³-hybridized carbons (Fsp3) is 0.222. The topological polar surface area (TPSA) is 105 Å². The number of ether oxygens (including phenoxy) is 2. The SMILES string of the molecule is Cc1ccccc1CN(C(=O)CN1C(=O)C(=O)c2ccccc21)C(C(=O)Nc1ccc2c(c1)OCO2)c1ccc(C(C)C)cc1. The Morgan fingerprint density at radius 1 is 0.867 bits per heavy atom. The Morgan fingerprint density at radius 3 is 2.31 bits per heavy atom. The molecule has 6 rings (SSSR count). The number of amides is 3. The molecule has 1 atom stereocenters. The van der Waals surface area contributed by atoms with Crippen LogP contribution >= 0.6 is 0 Å². The quantitative estimate of drug-likeness (QED) is 0.243. The summed E-state index contributed by atoms with van der Waals surface area (Å²) in [5.41, 5.74) is 4.58. The number of hydrogen-bond donors (Lipinski definition) is 1. The van der Waals surface area contributed by atoms with E-state index in [1.165, 1.54) is 9.80 Å². The molecule has 2 aliphatic rings. The van der Waals surface area contributed by atoms with Crippen molar-refractivity contribution >= 4 is 34.9 Å². The summed E-state index contributed by atoms with van der Waals surface area (Å²) in [5, 5.41) is 2.97. The summed E-state index contributed by atoms with van der Waals surface area (Å²) in [6, 6.07) is 25.9. The van der Waals surface area contributed by atoms with Crippen molar-refractivity contribution in [3.63, 3.8) is 0 Å². The molecule has 0 bridgehead atoms. The summed E-state index contributed by atoms with van der Waals surface area (Å²) in [7, 11) is 0. The van der Waals surface area contributed by atoms with Crippen LogP contribution in [0.15, 0.2) is 91.0 Å². The number of carbonyl (C=O) groups is 4. The minimum atomic E-state index is -1.08. The third-order valence-corrected chi connectivity index (χ3v) is 8.21. The highest BCUT2D eigenvalue weighted by molar-refractivity contribution is 6.52. The number of anilines is 2. The maximum Gasteiger partial charge on any atom is 0.299 e. The molecule has 1 unspecified atom stereocenters. The van der Waals surface area contributed by atoms with Crippen LogP contribution in [0.1, 0.15) is 58.4 Å². The van der Waals surface area contributed by atoms with Gasteiger partial charge in [-0.3, -0.25) is 24.1 Å². The highest BCUT2D eigenvalue weighted by atomic mass is 16.7. The Hall–Kier alpha value is -5.44. The summed E-state index contributed by atoms with van der Waals surface area (Å²) >= 11 is 0. The average Bonchev–Trinajstić information content (AvgIpc) is 3.60. The summed E-state index contributed by atoms with van der Waals surface area (Å²) in [6.45, 7) is 5.88. The van der Waals surface area contributed by atoms with Crippen LogP contribution in [-0.2, 0) is 20.9 Å². The third kappa shape index (κ3) is 5.89. The highest BCUT2D eigenvalue weighted by Gasteiger charge is 2.39. The number of fused-ring (bicyclic) bond motifs is 2. The molecule has 0 fully saturated rings. The first kappa shape index (κ1) is 29.6. The fourth-order valence-corrected chi connectivity index (χ4v) is 5.65. The van der Waals surface area contributed by atoms with Crippen molar-refractivity contribution in [3.8, 4) is 11.5 Å². The van der Waals surface area contributed by atoms with Crippen LogP contribution in [0.5, 0.6) is 11.5 Å². The van der Waals surface area contributed by atoms with E-state index in [0.717, 1.165) is 16.7 Å². The monoisotopic (exact) mass is 603 g/mol. The van der Waals surface area contributed by atoms with Crippen molar-refractivity contribution < 1.29 is 28.7 Å². The second kappa shape index (κ2) is 12.3. The molecule has 0 saturated heterocycles. The lowest BCUT2D eigenvalue weighted by Gasteiger charge is -2.33. The molecule has 2 aliphatic heterocycles. The van der Waals surface area contributed by atoms with Gasteiger partial charge in [0.05, 0.1) is 11.3 Å². The minimum Gasteiger partial charge on any atom is -0.454 e. The largest absolute Gasteiger partial charge is 0.454 e. The summed E-state index contributed by atoms with van der Waals surface area (Å²) in [4.78, 5) is 57.1. The predicted octanol–water partition coefficient (Wildman–Crippen LogP) is 5.79.